The second-order valence-electron chi connectivity index (χ2n) is 9.07. The van der Waals surface area contributed by atoms with E-state index in [1.165, 1.54) is 54.7 Å². The minimum atomic E-state index is 0.171. The first-order valence-electron chi connectivity index (χ1n) is 12.3. The highest BCUT2D eigenvalue weighted by Gasteiger charge is 2.29. The van der Waals surface area contributed by atoms with Crippen LogP contribution in [0.4, 0.5) is 5.69 Å². The van der Waals surface area contributed by atoms with E-state index in [1.54, 1.807) is 7.11 Å². The molecule has 1 unspecified atom stereocenters. The lowest BCUT2D eigenvalue weighted by atomic mass is 9.87. The molecule has 0 N–H and O–H groups in total. The Balaban J connectivity index is 1.36. The van der Waals surface area contributed by atoms with Crippen LogP contribution in [0, 0.1) is 0 Å². The highest BCUT2D eigenvalue weighted by atomic mass is 16.5. The van der Waals surface area contributed by atoms with Gasteiger partial charge in [-0.2, -0.15) is 0 Å². The summed E-state index contributed by atoms with van der Waals surface area (Å²) in [4.78, 5) is 5.03. The lowest BCUT2D eigenvalue weighted by molar-refractivity contribution is 0.183. The standard InChI is InChI=1S/C29H34N2O2/c1-32-27-14-15-28-24(22-27)16-19-31(25-8-4-2-5-9-25)29(28)23-10-12-26(13-11-23)33-21-20-30-17-6-3-7-18-30/h2,4-5,8-15,22,29H,3,6-7,16-21H2,1H3. The second-order valence-corrected chi connectivity index (χ2v) is 9.07. The van der Waals surface area contributed by atoms with E-state index in [2.05, 4.69) is 82.6 Å². The zero-order valence-electron chi connectivity index (χ0n) is 19.6. The van der Waals surface area contributed by atoms with Crippen molar-refractivity contribution in [1.29, 1.82) is 0 Å². The molecule has 0 bridgehead atoms. The molecule has 0 radical (unpaired) electrons. The molecule has 2 aliphatic rings. The summed E-state index contributed by atoms with van der Waals surface area (Å²) in [6, 6.07) is 26.1. The predicted molar refractivity (Wildman–Crippen MR) is 135 cm³/mol. The largest absolute Gasteiger partial charge is 0.497 e. The van der Waals surface area contributed by atoms with Gasteiger partial charge in [-0.25, -0.2) is 0 Å². The average Bonchev–Trinajstić information content (AvgIpc) is 2.89. The zero-order valence-corrected chi connectivity index (χ0v) is 19.6. The topological polar surface area (TPSA) is 24.9 Å². The van der Waals surface area contributed by atoms with Crippen molar-refractivity contribution in [2.24, 2.45) is 0 Å². The Kier molecular flexibility index (Phi) is 6.82. The van der Waals surface area contributed by atoms with Crippen molar-refractivity contribution >= 4 is 5.69 Å². The van der Waals surface area contributed by atoms with Crippen LogP contribution in [0.15, 0.2) is 72.8 Å². The van der Waals surface area contributed by atoms with Gasteiger partial charge in [0.25, 0.3) is 0 Å². The lowest BCUT2D eigenvalue weighted by Gasteiger charge is -2.39. The van der Waals surface area contributed by atoms with Crippen LogP contribution in [-0.4, -0.2) is 44.8 Å². The van der Waals surface area contributed by atoms with E-state index < -0.39 is 0 Å². The van der Waals surface area contributed by atoms with E-state index in [0.717, 1.165) is 37.6 Å². The molecule has 0 amide bonds. The number of ether oxygens (including phenoxy) is 2. The number of hydrogen-bond acceptors (Lipinski definition) is 4. The van der Waals surface area contributed by atoms with Gasteiger partial charge in [0.15, 0.2) is 0 Å². The quantitative estimate of drug-likeness (QED) is 0.468. The third-order valence-corrected chi connectivity index (χ3v) is 6.99. The number of anilines is 1. The van der Waals surface area contributed by atoms with E-state index in [0.29, 0.717) is 0 Å². The molecule has 5 rings (SSSR count). The van der Waals surface area contributed by atoms with Gasteiger partial charge >= 0.3 is 0 Å². The predicted octanol–water partition coefficient (Wildman–Crippen LogP) is 5.71. The van der Waals surface area contributed by atoms with E-state index in [9.17, 15) is 0 Å². The van der Waals surface area contributed by atoms with Gasteiger partial charge in [0.1, 0.15) is 18.1 Å². The smallest absolute Gasteiger partial charge is 0.119 e. The molecule has 172 valence electrons. The fourth-order valence-corrected chi connectivity index (χ4v) is 5.21. The number of rotatable bonds is 7. The number of benzene rings is 3. The van der Waals surface area contributed by atoms with Crippen LogP contribution in [0.5, 0.6) is 11.5 Å². The van der Waals surface area contributed by atoms with Crippen molar-refractivity contribution in [1.82, 2.24) is 4.90 Å². The first kappa shape index (κ1) is 21.8. The Morgan fingerprint density at radius 2 is 1.58 bits per heavy atom. The number of fused-ring (bicyclic) bond motifs is 1. The SMILES string of the molecule is COc1ccc2c(c1)CCN(c1ccccc1)C2c1ccc(OCCN2CCCCC2)cc1. The molecule has 0 aromatic heterocycles. The van der Waals surface area contributed by atoms with Gasteiger partial charge in [-0.1, -0.05) is 42.8 Å². The maximum Gasteiger partial charge on any atom is 0.119 e. The van der Waals surface area contributed by atoms with Crippen LogP contribution >= 0.6 is 0 Å². The Bertz CT molecular complexity index is 1030. The van der Waals surface area contributed by atoms with Gasteiger partial charge in [0.2, 0.25) is 0 Å². The Hall–Kier alpha value is -2.98. The minimum Gasteiger partial charge on any atom is -0.497 e. The summed E-state index contributed by atoms with van der Waals surface area (Å²) >= 11 is 0. The first-order chi connectivity index (χ1) is 16.3. The minimum absolute atomic E-state index is 0.171. The molecule has 4 nitrogen and oxygen atoms in total. The fraction of sp³-hybridized carbons (Fsp3) is 0.379. The van der Waals surface area contributed by atoms with Crippen molar-refractivity contribution in [3.05, 3.63) is 89.5 Å². The Morgan fingerprint density at radius 3 is 2.33 bits per heavy atom. The molecule has 1 saturated heterocycles. The Labute approximate surface area is 197 Å². The van der Waals surface area contributed by atoms with Crippen molar-refractivity contribution in [2.45, 2.75) is 31.7 Å². The molecule has 2 heterocycles. The molecule has 0 aliphatic carbocycles. The van der Waals surface area contributed by atoms with Gasteiger partial charge in [0, 0.05) is 18.8 Å². The third-order valence-electron chi connectivity index (χ3n) is 6.99. The van der Waals surface area contributed by atoms with Crippen molar-refractivity contribution in [3.8, 4) is 11.5 Å². The number of nitrogens with zero attached hydrogens (tertiary/aromatic N) is 2. The van der Waals surface area contributed by atoms with Gasteiger partial charge in [0.05, 0.1) is 13.2 Å². The molecule has 4 heteroatoms. The van der Waals surface area contributed by atoms with Gasteiger partial charge in [-0.05, 0) is 85.4 Å². The molecule has 1 atom stereocenters. The number of para-hydroxylation sites is 1. The average molecular weight is 443 g/mol. The molecule has 33 heavy (non-hydrogen) atoms. The molecule has 3 aromatic rings. The van der Waals surface area contributed by atoms with E-state index in [-0.39, 0.29) is 6.04 Å². The van der Waals surface area contributed by atoms with Crippen LogP contribution in [0.1, 0.15) is 42.0 Å². The van der Waals surface area contributed by atoms with Gasteiger partial charge < -0.3 is 14.4 Å². The number of hydrogen-bond donors (Lipinski definition) is 0. The van der Waals surface area contributed by atoms with E-state index in [4.69, 9.17) is 9.47 Å². The number of likely N-dealkylation sites (tertiary alicyclic amines) is 1. The summed E-state index contributed by atoms with van der Waals surface area (Å²) in [5, 5.41) is 0. The fourth-order valence-electron chi connectivity index (χ4n) is 5.21. The maximum atomic E-state index is 6.09. The third kappa shape index (κ3) is 5.01. The summed E-state index contributed by atoms with van der Waals surface area (Å²) in [7, 11) is 1.74. The maximum absolute atomic E-state index is 6.09. The normalized spacial score (nSPS) is 18.6. The van der Waals surface area contributed by atoms with Gasteiger partial charge in [-0.3, -0.25) is 4.90 Å². The molecular weight excluding hydrogens is 408 g/mol. The summed E-state index contributed by atoms with van der Waals surface area (Å²) in [6.45, 7) is 5.17. The molecule has 3 aromatic carbocycles. The van der Waals surface area contributed by atoms with Crippen LogP contribution in [0.25, 0.3) is 0 Å². The summed E-state index contributed by atoms with van der Waals surface area (Å²) in [5.41, 5.74) is 5.26. The highest BCUT2D eigenvalue weighted by molar-refractivity contribution is 5.57. The lowest BCUT2D eigenvalue weighted by Crippen LogP contribution is -2.36. The van der Waals surface area contributed by atoms with E-state index >= 15 is 0 Å². The summed E-state index contributed by atoms with van der Waals surface area (Å²) in [6.07, 6.45) is 5.02. The van der Waals surface area contributed by atoms with E-state index in [1.807, 2.05) is 0 Å². The number of piperidine rings is 1. The molecule has 2 aliphatic heterocycles. The second kappa shape index (κ2) is 10.3. The number of methoxy groups -OCH3 is 1. The van der Waals surface area contributed by atoms with Crippen LogP contribution in [0.3, 0.4) is 0 Å². The summed E-state index contributed by atoms with van der Waals surface area (Å²) < 4.78 is 11.6. The molecular formula is C29H34N2O2. The van der Waals surface area contributed by atoms with Crippen LogP contribution in [0.2, 0.25) is 0 Å². The van der Waals surface area contributed by atoms with Gasteiger partial charge in [-0.15, -0.1) is 0 Å². The van der Waals surface area contributed by atoms with Crippen LogP contribution < -0.4 is 14.4 Å². The van der Waals surface area contributed by atoms with Crippen molar-refractivity contribution in [3.63, 3.8) is 0 Å². The monoisotopic (exact) mass is 442 g/mol. The Morgan fingerprint density at radius 1 is 0.818 bits per heavy atom. The van der Waals surface area contributed by atoms with Crippen molar-refractivity contribution in [2.75, 3.05) is 44.8 Å². The van der Waals surface area contributed by atoms with Crippen molar-refractivity contribution < 1.29 is 9.47 Å². The molecule has 0 spiro atoms. The first-order valence-corrected chi connectivity index (χ1v) is 12.3. The summed E-state index contributed by atoms with van der Waals surface area (Å²) in [5.74, 6) is 1.88. The highest BCUT2D eigenvalue weighted by Crippen LogP contribution is 2.39. The molecule has 1 fully saturated rings. The molecule has 0 saturated carbocycles. The van der Waals surface area contributed by atoms with Crippen LogP contribution in [-0.2, 0) is 6.42 Å². The zero-order chi connectivity index (χ0) is 22.5.